The monoisotopic (exact) mass is 295 g/mol. The number of aliphatic carboxylic acids is 1. The smallest absolute Gasteiger partial charge is 0.324 e. The summed E-state index contributed by atoms with van der Waals surface area (Å²) < 4.78 is 0. The van der Waals surface area contributed by atoms with E-state index in [-0.39, 0.29) is 30.5 Å². The molecule has 0 aromatic carbocycles. The lowest BCUT2D eigenvalue weighted by atomic mass is 9.88. The topological polar surface area (TPSA) is 82.5 Å². The Hall–Kier alpha value is -1.63. The second kappa shape index (κ2) is 5.40. The number of carbonyl (C=O) groups excluding carboxylic acids is 1. The van der Waals surface area contributed by atoms with Gasteiger partial charge in [-0.1, -0.05) is 0 Å². The Morgan fingerprint density at radius 3 is 2.65 bits per heavy atom. The van der Waals surface area contributed by atoms with Crippen LogP contribution in [0, 0.1) is 5.92 Å². The number of urea groups is 1. The lowest BCUT2D eigenvalue weighted by molar-refractivity contribution is -0.138. The largest absolute Gasteiger partial charge is 0.481 e. The van der Waals surface area contributed by atoms with Crippen molar-refractivity contribution in [2.24, 2.45) is 5.92 Å². The van der Waals surface area contributed by atoms with Gasteiger partial charge in [0.15, 0.2) is 5.13 Å². The van der Waals surface area contributed by atoms with E-state index in [1.165, 1.54) is 11.3 Å². The maximum atomic E-state index is 12.3. The van der Waals surface area contributed by atoms with Gasteiger partial charge < -0.3 is 10.0 Å². The fourth-order valence-corrected chi connectivity index (χ4v) is 3.99. The molecule has 2 saturated heterocycles. The Balaban J connectivity index is 1.64. The average Bonchev–Trinajstić information content (AvgIpc) is 2.95. The minimum absolute atomic E-state index is 0.0961. The Labute approximate surface area is 120 Å². The predicted octanol–water partition coefficient (Wildman–Crippen LogP) is 2.39. The zero-order valence-electron chi connectivity index (χ0n) is 11.0. The van der Waals surface area contributed by atoms with E-state index in [0.717, 1.165) is 25.7 Å². The van der Waals surface area contributed by atoms with Crippen LogP contribution in [0.25, 0.3) is 0 Å². The van der Waals surface area contributed by atoms with E-state index in [1.807, 2.05) is 10.3 Å². The molecule has 7 heteroatoms. The number of piperidine rings is 1. The van der Waals surface area contributed by atoms with Gasteiger partial charge in [-0.25, -0.2) is 9.78 Å². The van der Waals surface area contributed by atoms with Crippen LogP contribution in [0.15, 0.2) is 11.6 Å². The molecule has 3 rings (SSSR count). The molecule has 20 heavy (non-hydrogen) atoms. The molecular weight excluding hydrogens is 278 g/mol. The van der Waals surface area contributed by atoms with Crippen molar-refractivity contribution >= 4 is 28.5 Å². The summed E-state index contributed by atoms with van der Waals surface area (Å²) in [5, 5.41) is 14.2. The van der Waals surface area contributed by atoms with Crippen LogP contribution in [0.2, 0.25) is 0 Å². The molecule has 1 aromatic heterocycles. The summed E-state index contributed by atoms with van der Waals surface area (Å²) in [5.41, 5.74) is 0. The third-order valence-corrected chi connectivity index (χ3v) is 4.86. The van der Waals surface area contributed by atoms with Crippen LogP contribution in [0.4, 0.5) is 9.93 Å². The van der Waals surface area contributed by atoms with Gasteiger partial charge >= 0.3 is 12.0 Å². The Kier molecular flexibility index (Phi) is 3.60. The molecule has 6 nitrogen and oxygen atoms in total. The second-order valence-corrected chi connectivity index (χ2v) is 6.39. The molecule has 0 spiro atoms. The van der Waals surface area contributed by atoms with Crippen molar-refractivity contribution in [3.8, 4) is 0 Å². The number of amides is 2. The molecule has 2 unspecified atom stereocenters. The van der Waals surface area contributed by atoms with Crippen LogP contribution in [0.1, 0.15) is 32.1 Å². The lowest BCUT2D eigenvalue weighted by Crippen LogP contribution is -2.48. The van der Waals surface area contributed by atoms with Gasteiger partial charge in [0.25, 0.3) is 0 Å². The summed E-state index contributed by atoms with van der Waals surface area (Å²) in [6.07, 6.45) is 5.43. The molecule has 0 saturated carbocycles. The molecular formula is C13H17N3O3S. The standard InChI is InChI=1S/C13H17N3O3S/c17-11(18)7-8-5-9-1-2-10(6-8)16(9)13(19)15-12-14-3-4-20-12/h3-4,8-10H,1-2,5-7H2,(H,17,18)(H,14,15,19). The zero-order chi connectivity index (χ0) is 14.1. The summed E-state index contributed by atoms with van der Waals surface area (Å²) >= 11 is 1.40. The number of hydrogen-bond donors (Lipinski definition) is 2. The van der Waals surface area contributed by atoms with Gasteiger partial charge in [-0.05, 0) is 31.6 Å². The molecule has 2 atom stereocenters. The van der Waals surface area contributed by atoms with E-state index < -0.39 is 5.97 Å². The van der Waals surface area contributed by atoms with Gasteiger partial charge in [-0.15, -0.1) is 11.3 Å². The number of nitrogens with zero attached hydrogens (tertiary/aromatic N) is 2. The molecule has 2 fully saturated rings. The first-order chi connectivity index (χ1) is 9.63. The van der Waals surface area contributed by atoms with Crippen molar-refractivity contribution in [3.05, 3.63) is 11.6 Å². The summed E-state index contributed by atoms with van der Waals surface area (Å²) in [6, 6.07) is 0.261. The van der Waals surface area contributed by atoms with Crippen LogP contribution < -0.4 is 5.32 Å². The normalized spacial score (nSPS) is 28.4. The molecule has 108 valence electrons. The second-order valence-electron chi connectivity index (χ2n) is 5.49. The fourth-order valence-electron chi connectivity index (χ4n) is 3.48. The van der Waals surface area contributed by atoms with Gasteiger partial charge in [0.2, 0.25) is 0 Å². The molecule has 0 radical (unpaired) electrons. The van der Waals surface area contributed by atoms with E-state index in [4.69, 9.17) is 5.11 Å². The van der Waals surface area contributed by atoms with Crippen molar-refractivity contribution in [3.63, 3.8) is 0 Å². The highest BCUT2D eigenvalue weighted by Crippen LogP contribution is 2.40. The predicted molar refractivity (Wildman–Crippen MR) is 74.8 cm³/mol. The Morgan fingerprint density at radius 2 is 2.10 bits per heavy atom. The molecule has 2 bridgehead atoms. The summed E-state index contributed by atoms with van der Waals surface area (Å²) in [6.45, 7) is 0. The van der Waals surface area contributed by atoms with E-state index in [1.54, 1.807) is 6.20 Å². The molecule has 1 aromatic rings. The summed E-state index contributed by atoms with van der Waals surface area (Å²) in [4.78, 5) is 29.1. The van der Waals surface area contributed by atoms with Crippen LogP contribution in [0.5, 0.6) is 0 Å². The number of carboxylic acids is 1. The lowest BCUT2D eigenvalue weighted by Gasteiger charge is -2.38. The zero-order valence-corrected chi connectivity index (χ0v) is 11.8. The molecule has 2 aliphatic heterocycles. The highest BCUT2D eigenvalue weighted by atomic mass is 32.1. The summed E-state index contributed by atoms with van der Waals surface area (Å²) in [5.74, 6) is -0.538. The molecule has 3 heterocycles. The maximum Gasteiger partial charge on any atom is 0.324 e. The van der Waals surface area contributed by atoms with Crippen molar-refractivity contribution in [2.75, 3.05) is 5.32 Å². The van der Waals surface area contributed by atoms with Crippen molar-refractivity contribution in [1.82, 2.24) is 9.88 Å². The van der Waals surface area contributed by atoms with E-state index >= 15 is 0 Å². The van der Waals surface area contributed by atoms with E-state index in [0.29, 0.717) is 5.13 Å². The van der Waals surface area contributed by atoms with Crippen molar-refractivity contribution in [1.29, 1.82) is 0 Å². The number of thiazole rings is 1. The molecule has 2 amide bonds. The Bertz CT molecular complexity index is 491. The average molecular weight is 295 g/mol. The number of carboxylic acid groups (broad SMARTS) is 1. The number of anilines is 1. The van der Waals surface area contributed by atoms with Gasteiger partial charge in [0.1, 0.15) is 0 Å². The first kappa shape index (κ1) is 13.4. The highest BCUT2D eigenvalue weighted by molar-refractivity contribution is 7.13. The van der Waals surface area contributed by atoms with Gasteiger partial charge in [-0.3, -0.25) is 10.1 Å². The number of aromatic nitrogens is 1. The first-order valence-corrected chi connectivity index (χ1v) is 7.72. The molecule has 2 N–H and O–H groups in total. The number of carbonyl (C=O) groups is 2. The van der Waals surface area contributed by atoms with Crippen molar-refractivity contribution < 1.29 is 14.7 Å². The first-order valence-electron chi connectivity index (χ1n) is 6.84. The van der Waals surface area contributed by atoms with Crippen LogP contribution >= 0.6 is 11.3 Å². The fraction of sp³-hybridized carbons (Fsp3) is 0.615. The third kappa shape index (κ3) is 2.63. The van der Waals surface area contributed by atoms with E-state index in [9.17, 15) is 9.59 Å². The Morgan fingerprint density at radius 1 is 1.40 bits per heavy atom. The quantitative estimate of drug-likeness (QED) is 0.897. The van der Waals surface area contributed by atoms with E-state index in [2.05, 4.69) is 10.3 Å². The minimum atomic E-state index is -0.741. The SMILES string of the molecule is O=C(O)CC1CC2CCC(C1)N2C(=O)Nc1nccs1. The highest BCUT2D eigenvalue weighted by Gasteiger charge is 2.43. The van der Waals surface area contributed by atoms with Gasteiger partial charge in [-0.2, -0.15) is 0 Å². The molecule has 2 aliphatic rings. The minimum Gasteiger partial charge on any atom is -0.481 e. The number of fused-ring (bicyclic) bond motifs is 2. The van der Waals surface area contributed by atoms with Crippen LogP contribution in [0.3, 0.4) is 0 Å². The molecule has 0 aliphatic carbocycles. The van der Waals surface area contributed by atoms with Gasteiger partial charge in [0, 0.05) is 30.1 Å². The van der Waals surface area contributed by atoms with Crippen LogP contribution in [-0.4, -0.2) is 39.1 Å². The maximum absolute atomic E-state index is 12.3. The van der Waals surface area contributed by atoms with Gasteiger partial charge in [0.05, 0.1) is 0 Å². The summed E-state index contributed by atoms with van der Waals surface area (Å²) in [7, 11) is 0. The number of hydrogen-bond acceptors (Lipinski definition) is 4. The third-order valence-electron chi connectivity index (χ3n) is 4.17. The van der Waals surface area contributed by atoms with Crippen LogP contribution in [-0.2, 0) is 4.79 Å². The number of rotatable bonds is 3. The van der Waals surface area contributed by atoms with Crippen molar-refractivity contribution in [2.45, 2.75) is 44.2 Å². The number of nitrogens with one attached hydrogen (secondary N) is 1.